The Kier molecular flexibility index (Phi) is 5.60. The molecule has 0 saturated heterocycles. The Morgan fingerprint density at radius 1 is 0.933 bits per heavy atom. The average Bonchev–Trinajstić information content (AvgIpc) is 2.74. The number of rotatable bonds is 3. The van der Waals surface area contributed by atoms with Crippen LogP contribution in [0.3, 0.4) is 0 Å². The van der Waals surface area contributed by atoms with E-state index in [2.05, 4.69) is 0 Å². The molecule has 5 heteroatoms. The SMILES string of the molecule is CC(=O)N1c2ccccc2[C@@H](N(C(=O)c2ccccc2Cl)c2ccccc2)C[C@H]1C. The van der Waals surface area contributed by atoms with Crippen molar-refractivity contribution in [2.75, 3.05) is 9.80 Å². The van der Waals surface area contributed by atoms with E-state index >= 15 is 0 Å². The quantitative estimate of drug-likeness (QED) is 0.533. The number of benzene rings is 3. The van der Waals surface area contributed by atoms with Gasteiger partial charge in [-0.15, -0.1) is 0 Å². The first-order valence-electron chi connectivity index (χ1n) is 10.0. The van der Waals surface area contributed by atoms with E-state index in [4.69, 9.17) is 11.6 Å². The lowest BCUT2D eigenvalue weighted by molar-refractivity contribution is -0.117. The summed E-state index contributed by atoms with van der Waals surface area (Å²) in [6.45, 7) is 3.60. The summed E-state index contributed by atoms with van der Waals surface area (Å²) in [4.78, 5) is 29.7. The number of hydrogen-bond donors (Lipinski definition) is 0. The van der Waals surface area contributed by atoms with Gasteiger partial charge < -0.3 is 9.80 Å². The van der Waals surface area contributed by atoms with Crippen molar-refractivity contribution in [3.63, 3.8) is 0 Å². The predicted molar refractivity (Wildman–Crippen MR) is 121 cm³/mol. The van der Waals surface area contributed by atoms with E-state index in [-0.39, 0.29) is 23.9 Å². The van der Waals surface area contributed by atoms with Crippen molar-refractivity contribution in [1.82, 2.24) is 0 Å². The van der Waals surface area contributed by atoms with Crippen LogP contribution in [0.25, 0.3) is 0 Å². The van der Waals surface area contributed by atoms with E-state index in [0.29, 0.717) is 17.0 Å². The summed E-state index contributed by atoms with van der Waals surface area (Å²) in [5.74, 6) is -0.160. The van der Waals surface area contributed by atoms with E-state index in [9.17, 15) is 9.59 Å². The summed E-state index contributed by atoms with van der Waals surface area (Å²) in [6, 6.07) is 24.3. The summed E-state index contributed by atoms with van der Waals surface area (Å²) < 4.78 is 0. The van der Waals surface area contributed by atoms with Crippen LogP contribution >= 0.6 is 11.6 Å². The van der Waals surface area contributed by atoms with Crippen LogP contribution in [-0.4, -0.2) is 17.9 Å². The van der Waals surface area contributed by atoms with Gasteiger partial charge in [0.2, 0.25) is 5.91 Å². The standard InChI is InChI=1S/C25H23ClN2O2/c1-17-16-24(21-13-7-9-15-23(21)27(17)18(2)29)28(19-10-4-3-5-11-19)25(30)20-12-6-8-14-22(20)26/h3-15,17,24H,16H2,1-2H3/t17-,24+/m1/s1. The number of fused-ring (bicyclic) bond motifs is 1. The van der Waals surface area contributed by atoms with Gasteiger partial charge in [-0.05, 0) is 49.2 Å². The maximum absolute atomic E-state index is 13.8. The van der Waals surface area contributed by atoms with Crippen molar-refractivity contribution < 1.29 is 9.59 Å². The van der Waals surface area contributed by atoms with E-state index in [1.54, 1.807) is 19.1 Å². The van der Waals surface area contributed by atoms with Crippen LogP contribution < -0.4 is 9.80 Å². The van der Waals surface area contributed by atoms with Crippen LogP contribution in [-0.2, 0) is 4.79 Å². The number of anilines is 2. The molecule has 3 aromatic carbocycles. The number of para-hydroxylation sites is 2. The van der Waals surface area contributed by atoms with Crippen molar-refractivity contribution in [3.8, 4) is 0 Å². The summed E-state index contributed by atoms with van der Waals surface area (Å²) in [5.41, 5.74) is 3.06. The van der Waals surface area contributed by atoms with Crippen LogP contribution in [0.5, 0.6) is 0 Å². The maximum Gasteiger partial charge on any atom is 0.260 e. The van der Waals surface area contributed by atoms with Gasteiger partial charge in [-0.2, -0.15) is 0 Å². The lowest BCUT2D eigenvalue weighted by Crippen LogP contribution is -2.47. The highest BCUT2D eigenvalue weighted by molar-refractivity contribution is 6.34. The van der Waals surface area contributed by atoms with Gasteiger partial charge in [0.15, 0.2) is 0 Å². The highest BCUT2D eigenvalue weighted by Crippen LogP contribution is 2.43. The number of halogens is 1. The molecule has 1 heterocycles. The van der Waals surface area contributed by atoms with Crippen LogP contribution in [0, 0.1) is 0 Å². The van der Waals surface area contributed by atoms with Gasteiger partial charge in [0.1, 0.15) is 0 Å². The molecule has 0 unspecified atom stereocenters. The molecular formula is C25H23ClN2O2. The molecule has 0 spiro atoms. The minimum Gasteiger partial charge on any atom is -0.309 e. The highest BCUT2D eigenvalue weighted by atomic mass is 35.5. The Hall–Kier alpha value is -3.11. The van der Waals surface area contributed by atoms with Gasteiger partial charge in [-0.1, -0.05) is 60.1 Å². The fourth-order valence-electron chi connectivity index (χ4n) is 4.30. The first-order chi connectivity index (χ1) is 14.5. The van der Waals surface area contributed by atoms with Gasteiger partial charge in [0.05, 0.1) is 16.6 Å². The van der Waals surface area contributed by atoms with E-state index in [1.165, 1.54) is 0 Å². The summed E-state index contributed by atoms with van der Waals surface area (Å²) >= 11 is 6.38. The van der Waals surface area contributed by atoms with Gasteiger partial charge in [-0.3, -0.25) is 9.59 Å². The lowest BCUT2D eigenvalue weighted by atomic mass is 9.89. The van der Waals surface area contributed by atoms with Crippen molar-refractivity contribution >= 4 is 34.8 Å². The number of nitrogens with zero attached hydrogens (tertiary/aromatic N) is 2. The Morgan fingerprint density at radius 2 is 1.57 bits per heavy atom. The zero-order valence-electron chi connectivity index (χ0n) is 17.0. The van der Waals surface area contributed by atoms with Crippen LogP contribution in [0.1, 0.15) is 42.2 Å². The molecule has 0 aromatic heterocycles. The second kappa shape index (κ2) is 8.33. The fourth-order valence-corrected chi connectivity index (χ4v) is 4.51. The van der Waals surface area contributed by atoms with Crippen LogP contribution in [0.2, 0.25) is 5.02 Å². The minimum atomic E-state index is -0.224. The molecule has 0 bridgehead atoms. The zero-order valence-corrected chi connectivity index (χ0v) is 17.7. The number of hydrogen-bond acceptors (Lipinski definition) is 2. The molecule has 0 N–H and O–H groups in total. The average molecular weight is 419 g/mol. The first-order valence-corrected chi connectivity index (χ1v) is 10.4. The van der Waals surface area contributed by atoms with Crippen molar-refractivity contribution in [2.45, 2.75) is 32.4 Å². The minimum absolute atomic E-state index is 0.00269. The third kappa shape index (κ3) is 3.59. The van der Waals surface area contributed by atoms with E-state index in [1.807, 2.05) is 83.5 Å². The Bertz CT molecular complexity index is 1080. The topological polar surface area (TPSA) is 40.6 Å². The maximum atomic E-state index is 13.8. The Labute approximate surface area is 181 Å². The molecule has 152 valence electrons. The number of carbonyl (C=O) groups is 2. The Morgan fingerprint density at radius 3 is 2.27 bits per heavy atom. The molecule has 0 fully saturated rings. The molecule has 0 aliphatic carbocycles. The third-order valence-electron chi connectivity index (χ3n) is 5.57. The molecule has 2 amide bonds. The van der Waals surface area contributed by atoms with E-state index in [0.717, 1.165) is 16.9 Å². The summed E-state index contributed by atoms with van der Waals surface area (Å²) in [6.07, 6.45) is 0.627. The zero-order chi connectivity index (χ0) is 21.3. The van der Waals surface area contributed by atoms with Gasteiger partial charge in [0, 0.05) is 24.3 Å². The lowest BCUT2D eigenvalue weighted by Gasteiger charge is -2.43. The van der Waals surface area contributed by atoms with Crippen LogP contribution in [0.4, 0.5) is 11.4 Å². The molecule has 1 aliphatic rings. The molecule has 0 saturated carbocycles. The normalized spacial score (nSPS) is 17.9. The van der Waals surface area contributed by atoms with Crippen molar-refractivity contribution in [1.29, 1.82) is 0 Å². The predicted octanol–water partition coefficient (Wildman–Crippen LogP) is 5.87. The Balaban J connectivity index is 1.88. The molecular weight excluding hydrogens is 396 g/mol. The second-order valence-electron chi connectivity index (χ2n) is 7.54. The molecule has 2 atom stereocenters. The molecule has 3 aromatic rings. The van der Waals surface area contributed by atoms with Gasteiger partial charge in [0.25, 0.3) is 5.91 Å². The van der Waals surface area contributed by atoms with Crippen LogP contribution in [0.15, 0.2) is 78.9 Å². The molecule has 4 rings (SSSR count). The second-order valence-corrected chi connectivity index (χ2v) is 7.95. The van der Waals surface area contributed by atoms with E-state index < -0.39 is 0 Å². The number of carbonyl (C=O) groups excluding carboxylic acids is 2. The first kappa shape index (κ1) is 20.2. The van der Waals surface area contributed by atoms with Gasteiger partial charge in [-0.25, -0.2) is 0 Å². The smallest absolute Gasteiger partial charge is 0.260 e. The van der Waals surface area contributed by atoms with Crippen molar-refractivity contribution in [3.05, 3.63) is 95.0 Å². The largest absolute Gasteiger partial charge is 0.309 e. The molecule has 30 heavy (non-hydrogen) atoms. The fraction of sp³-hybridized carbons (Fsp3) is 0.200. The molecule has 4 nitrogen and oxygen atoms in total. The summed E-state index contributed by atoms with van der Waals surface area (Å²) in [5, 5.41) is 0.422. The van der Waals surface area contributed by atoms with Gasteiger partial charge >= 0.3 is 0 Å². The molecule has 1 aliphatic heterocycles. The summed E-state index contributed by atoms with van der Waals surface area (Å²) in [7, 11) is 0. The van der Waals surface area contributed by atoms with Crippen molar-refractivity contribution in [2.24, 2.45) is 0 Å². The number of amides is 2. The molecule has 0 radical (unpaired) electrons. The highest BCUT2D eigenvalue weighted by Gasteiger charge is 2.38. The third-order valence-corrected chi connectivity index (χ3v) is 5.90. The monoisotopic (exact) mass is 418 g/mol.